The van der Waals surface area contributed by atoms with Crippen molar-refractivity contribution in [3.8, 4) is 5.69 Å². The van der Waals surface area contributed by atoms with Gasteiger partial charge in [-0.25, -0.2) is 12.1 Å². The minimum atomic E-state index is -0.826. The Morgan fingerprint density at radius 1 is 1.05 bits per heavy atom. The molecule has 0 aliphatic rings. The smallest absolute Gasteiger partial charge is 0.0344 e. The van der Waals surface area contributed by atoms with Crippen LogP contribution in [0.1, 0.15) is 0 Å². The number of nitrogens with zero attached hydrogens (tertiary/aromatic N) is 1. The molecule has 22 heavy (non-hydrogen) atoms. The summed E-state index contributed by atoms with van der Waals surface area (Å²) in [5.41, 5.74) is 1.26. The second-order valence-corrected chi connectivity index (χ2v) is 8.91. The first kappa shape index (κ1) is 17.7. The molecule has 0 saturated heterocycles. The molecule has 1 aromatic heterocycles. The maximum Gasteiger partial charge on any atom is 0.0344 e. The molecule has 0 aliphatic heterocycles. The number of hydrogen-bond donors (Lipinski definition) is 0. The summed E-state index contributed by atoms with van der Waals surface area (Å²) in [6.07, 6.45) is 2.11. The van der Waals surface area contributed by atoms with Gasteiger partial charge in [-0.2, -0.15) is 18.2 Å². The maximum absolute atomic E-state index is 4.93. The van der Waals surface area contributed by atoms with E-state index in [0.717, 1.165) is 0 Å². The van der Waals surface area contributed by atoms with Gasteiger partial charge in [0.25, 0.3) is 0 Å². The van der Waals surface area contributed by atoms with Crippen LogP contribution in [0.5, 0.6) is 0 Å². The van der Waals surface area contributed by atoms with E-state index in [0.29, 0.717) is 0 Å². The summed E-state index contributed by atoms with van der Waals surface area (Å²) in [5.74, 6) is 4.30. The molecule has 0 aliphatic carbocycles. The molecule has 5 heteroatoms. The van der Waals surface area contributed by atoms with E-state index in [1.807, 2.05) is 30.3 Å². The van der Waals surface area contributed by atoms with Crippen molar-refractivity contribution in [3.63, 3.8) is 0 Å². The molecule has 1 nitrogen and oxygen atoms in total. The number of aromatic nitrogens is 1. The molecule has 0 fully saturated rings. The fraction of sp³-hybridized carbons (Fsp3) is 0. The van der Waals surface area contributed by atoms with Gasteiger partial charge in [-0.1, -0.05) is 14.3 Å². The fourth-order valence-electron chi connectivity index (χ4n) is 2.02. The molecule has 0 amide bonds. The van der Waals surface area contributed by atoms with E-state index in [-0.39, 0.29) is 0 Å². The molecule has 0 saturated carbocycles. The molecule has 0 spiro atoms. The molecule has 4 rings (SSSR count). The Balaban J connectivity index is 0.000000184. The first-order valence-electron chi connectivity index (χ1n) is 6.62. The molecular weight excluding hydrogens is 411 g/mol. The molecular formula is C17H14Cl2NPZr. The third kappa shape index (κ3) is 5.52. The summed E-state index contributed by atoms with van der Waals surface area (Å²) in [6, 6.07) is 22.9. The van der Waals surface area contributed by atoms with Gasteiger partial charge >= 0.3 is 37.9 Å². The summed E-state index contributed by atoms with van der Waals surface area (Å²) < 4.78 is 2.17. The van der Waals surface area contributed by atoms with E-state index >= 15 is 0 Å². The largest absolute Gasteiger partial charge is 0.338 e. The van der Waals surface area contributed by atoms with Crippen molar-refractivity contribution in [1.29, 1.82) is 0 Å². The van der Waals surface area contributed by atoms with Crippen molar-refractivity contribution in [3.05, 3.63) is 84.7 Å². The van der Waals surface area contributed by atoms with Crippen molar-refractivity contribution >= 4 is 36.0 Å². The van der Waals surface area contributed by atoms with Crippen LogP contribution in [0.4, 0.5) is 0 Å². The Morgan fingerprint density at radius 3 is 2.32 bits per heavy atom. The zero-order valence-electron chi connectivity index (χ0n) is 11.7. The predicted octanol–water partition coefficient (Wildman–Crippen LogP) is 6.71. The Morgan fingerprint density at radius 2 is 1.77 bits per heavy atom. The quantitative estimate of drug-likeness (QED) is 0.299. The van der Waals surface area contributed by atoms with Crippen LogP contribution in [0.3, 0.4) is 0 Å². The second kappa shape index (κ2) is 10.2. The molecule has 110 valence electrons. The standard InChI is InChI=1S/C12H9NP.C5H5.2ClH.Zr/c1-2-4-11-8-12(7-10(11)3-1)13-5-6-14-9-13;1-2-4-5-3-1;;;/h1-9H;1-5H;2*1H;/q2*-1;;;+4/p-2. The molecule has 0 bridgehead atoms. The van der Waals surface area contributed by atoms with Gasteiger partial charge < -0.3 is 4.57 Å². The van der Waals surface area contributed by atoms with Gasteiger partial charge in [-0.05, 0) is 11.5 Å². The first-order chi connectivity index (χ1) is 10.8. The van der Waals surface area contributed by atoms with Crippen molar-refractivity contribution in [2.45, 2.75) is 0 Å². The van der Waals surface area contributed by atoms with Gasteiger partial charge in [0, 0.05) is 12.1 Å². The van der Waals surface area contributed by atoms with Gasteiger partial charge in [0.05, 0.1) is 0 Å². The third-order valence-corrected chi connectivity index (χ3v) is 3.65. The SMILES string of the molecule is [Cl][Zr+2][Cl].c1cc[cH-]c1.c1ccc2[cH-]c(-n3ccpc3)cc2c1. The van der Waals surface area contributed by atoms with Crippen molar-refractivity contribution < 1.29 is 20.8 Å². The van der Waals surface area contributed by atoms with Crippen LogP contribution in [0.15, 0.2) is 84.7 Å². The van der Waals surface area contributed by atoms with Gasteiger partial charge in [-0.15, -0.1) is 41.1 Å². The number of fused-ring (bicyclic) bond motifs is 1. The number of benzene rings is 1. The zero-order chi connectivity index (χ0) is 15.6. The predicted molar refractivity (Wildman–Crippen MR) is 95.1 cm³/mol. The van der Waals surface area contributed by atoms with Crippen LogP contribution in [0.2, 0.25) is 0 Å². The number of halogens is 2. The van der Waals surface area contributed by atoms with E-state index in [2.05, 4.69) is 58.9 Å². The van der Waals surface area contributed by atoms with E-state index in [4.69, 9.17) is 17.0 Å². The molecule has 0 N–H and O–H groups in total. The molecule has 3 aromatic carbocycles. The van der Waals surface area contributed by atoms with E-state index in [1.165, 1.54) is 24.7 Å². The molecule has 1 heterocycles. The van der Waals surface area contributed by atoms with Gasteiger partial charge in [-0.3, -0.25) is 0 Å². The fourth-order valence-corrected chi connectivity index (χ4v) is 2.67. The van der Waals surface area contributed by atoms with Crippen LogP contribution < -0.4 is 0 Å². The Hall–Kier alpha value is -0.647. The van der Waals surface area contributed by atoms with Crippen molar-refractivity contribution in [2.24, 2.45) is 0 Å². The molecule has 0 radical (unpaired) electrons. The van der Waals surface area contributed by atoms with Gasteiger partial charge in [0.15, 0.2) is 0 Å². The van der Waals surface area contributed by atoms with Crippen molar-refractivity contribution in [2.75, 3.05) is 0 Å². The number of hydrogen-bond acceptors (Lipinski definition) is 0. The zero-order valence-corrected chi connectivity index (χ0v) is 16.6. The minimum Gasteiger partial charge on any atom is -0.338 e. The normalized spacial score (nSPS) is 9.55. The summed E-state index contributed by atoms with van der Waals surface area (Å²) >= 11 is -0.826. The first-order valence-corrected chi connectivity index (χ1v) is 14.0. The topological polar surface area (TPSA) is 4.93 Å². The second-order valence-electron chi connectivity index (χ2n) is 4.35. The summed E-state index contributed by atoms with van der Waals surface area (Å²) in [6.45, 7) is 0. The number of rotatable bonds is 1. The molecule has 0 atom stereocenters. The van der Waals surface area contributed by atoms with Crippen LogP contribution in [-0.4, -0.2) is 4.57 Å². The van der Waals surface area contributed by atoms with E-state index < -0.39 is 20.8 Å². The molecule has 4 aromatic rings. The van der Waals surface area contributed by atoms with Gasteiger partial charge in [0.1, 0.15) is 0 Å². The Bertz CT molecular complexity index is 698. The van der Waals surface area contributed by atoms with Crippen molar-refractivity contribution in [1.82, 2.24) is 4.57 Å². The minimum absolute atomic E-state index is 0.826. The van der Waals surface area contributed by atoms with Crippen LogP contribution in [0, 0.1) is 0 Å². The van der Waals surface area contributed by atoms with Crippen LogP contribution in [0.25, 0.3) is 16.5 Å². The average Bonchev–Trinajstić information content (AvgIpc) is 3.29. The Labute approximate surface area is 151 Å². The third-order valence-electron chi connectivity index (χ3n) is 2.96. The van der Waals surface area contributed by atoms with E-state index in [1.54, 1.807) is 0 Å². The summed E-state index contributed by atoms with van der Waals surface area (Å²) in [4.78, 5) is 0. The van der Waals surface area contributed by atoms with Gasteiger partial charge in [0.2, 0.25) is 0 Å². The summed E-state index contributed by atoms with van der Waals surface area (Å²) in [7, 11) is 11.1. The molecule has 0 unspecified atom stereocenters. The maximum atomic E-state index is 4.93. The Kier molecular flexibility index (Phi) is 8.20. The van der Waals surface area contributed by atoms with Crippen LogP contribution in [-0.2, 0) is 20.8 Å². The van der Waals surface area contributed by atoms with Crippen LogP contribution >= 0.6 is 25.2 Å². The monoisotopic (exact) mass is 423 g/mol. The summed E-state index contributed by atoms with van der Waals surface area (Å²) in [5, 5.41) is 2.63. The van der Waals surface area contributed by atoms with E-state index in [9.17, 15) is 0 Å². The average molecular weight is 425 g/mol.